The minimum atomic E-state index is -0.677. The highest BCUT2D eigenvalue weighted by molar-refractivity contribution is 5.91. The van der Waals surface area contributed by atoms with Gasteiger partial charge in [0.1, 0.15) is 6.04 Å². The second-order valence-corrected chi connectivity index (χ2v) is 12.8. The highest BCUT2D eigenvalue weighted by Crippen LogP contribution is 2.60. The number of amides is 2. The van der Waals surface area contributed by atoms with E-state index >= 15 is 0 Å². The maximum Gasteiger partial charge on any atom is 0.263 e. The van der Waals surface area contributed by atoms with Crippen LogP contribution in [0.15, 0.2) is 60.8 Å². The summed E-state index contributed by atoms with van der Waals surface area (Å²) in [6, 6.07) is 17.1. The molecule has 218 valence electrons. The molecule has 4 aromatic rings. The van der Waals surface area contributed by atoms with Crippen LogP contribution in [0.1, 0.15) is 49.7 Å². The van der Waals surface area contributed by atoms with Gasteiger partial charge in [-0.25, -0.2) is 0 Å². The van der Waals surface area contributed by atoms with Gasteiger partial charge >= 0.3 is 0 Å². The molecule has 2 heterocycles. The topological polar surface area (TPSA) is 140 Å². The van der Waals surface area contributed by atoms with Crippen LogP contribution < -0.4 is 16.0 Å². The van der Waals surface area contributed by atoms with E-state index in [1.54, 1.807) is 0 Å². The van der Waals surface area contributed by atoms with Crippen molar-refractivity contribution >= 4 is 28.7 Å². The van der Waals surface area contributed by atoms with E-state index in [9.17, 15) is 9.59 Å². The van der Waals surface area contributed by atoms with E-state index in [1.807, 2.05) is 54.7 Å². The quantitative estimate of drug-likeness (QED) is 0.187. The van der Waals surface area contributed by atoms with Crippen LogP contribution in [0.5, 0.6) is 0 Å². The Morgan fingerprint density at radius 2 is 1.62 bits per heavy atom. The Morgan fingerprint density at radius 3 is 2.33 bits per heavy atom. The van der Waals surface area contributed by atoms with Gasteiger partial charge in [-0.05, 0) is 85.1 Å². The van der Waals surface area contributed by atoms with Crippen LogP contribution in [0.3, 0.4) is 0 Å². The molecular weight excluding hydrogens is 528 g/mol. The lowest BCUT2D eigenvalue weighted by atomic mass is 9.49. The van der Waals surface area contributed by atoms with Gasteiger partial charge in [0.15, 0.2) is 0 Å². The summed E-state index contributed by atoms with van der Waals surface area (Å²) < 4.78 is 0. The van der Waals surface area contributed by atoms with Crippen LogP contribution in [-0.4, -0.2) is 56.1 Å². The zero-order valence-electron chi connectivity index (χ0n) is 23.7. The highest BCUT2D eigenvalue weighted by atomic mass is 16.2. The minimum absolute atomic E-state index is 0.0655. The number of hydrogen-bond donors (Lipinski definition) is 5. The monoisotopic (exact) mass is 566 g/mol. The average Bonchev–Trinajstić information content (AvgIpc) is 3.66. The maximum atomic E-state index is 14.1. The second kappa shape index (κ2) is 11.2. The number of nitrogens with zero attached hydrogens (tertiary/aromatic N) is 3. The van der Waals surface area contributed by atoms with Crippen molar-refractivity contribution < 1.29 is 9.59 Å². The van der Waals surface area contributed by atoms with Crippen LogP contribution in [0.25, 0.3) is 10.9 Å². The molecule has 2 aromatic heterocycles. The van der Waals surface area contributed by atoms with Crippen LogP contribution in [0.4, 0.5) is 5.95 Å². The van der Waals surface area contributed by atoms with Crippen molar-refractivity contribution in [3.63, 3.8) is 0 Å². The van der Waals surface area contributed by atoms with Gasteiger partial charge in [0.05, 0.1) is 6.04 Å². The Bertz CT molecular complexity index is 1500. The Morgan fingerprint density at radius 1 is 0.905 bits per heavy atom. The zero-order chi connectivity index (χ0) is 28.5. The molecule has 4 bridgehead atoms. The Kier molecular flexibility index (Phi) is 7.13. The number of hydrogen-bond acceptors (Lipinski definition) is 6. The Hall–Kier alpha value is -4.21. The summed E-state index contributed by atoms with van der Waals surface area (Å²) in [5.74, 6) is 2.21. The van der Waals surface area contributed by atoms with E-state index in [2.05, 4.69) is 47.6 Å². The van der Waals surface area contributed by atoms with Crippen molar-refractivity contribution in [3.8, 4) is 0 Å². The van der Waals surface area contributed by atoms with Crippen LogP contribution in [0, 0.1) is 23.2 Å². The number of anilines is 1. The van der Waals surface area contributed by atoms with Crippen LogP contribution >= 0.6 is 0 Å². The number of carbonyl (C=O) groups excluding carboxylic acids is 2. The number of nitrogens with one attached hydrogen (secondary N) is 5. The summed E-state index contributed by atoms with van der Waals surface area (Å²) >= 11 is 0. The van der Waals surface area contributed by atoms with E-state index in [0.29, 0.717) is 43.1 Å². The Labute approximate surface area is 244 Å². The van der Waals surface area contributed by atoms with E-state index in [-0.39, 0.29) is 23.3 Å². The first-order valence-corrected chi connectivity index (χ1v) is 15.2. The fourth-order valence-corrected chi connectivity index (χ4v) is 8.25. The largest absolute Gasteiger partial charge is 0.361 e. The molecule has 4 aliphatic carbocycles. The standard InChI is InChI=1S/C32H38N8O2/c41-29(35-25(19-34-31-37-39-40-38-31)14-24-18-33-27-9-5-4-8-26(24)27)28(13-20-6-2-1-3-7-20)36-30(42)32-15-21-10-22(16-32)12-23(11-21)17-32/h1-9,18,21-23,25,28,33H,10-17,19H2,(H,35,41)(H,36,42)(H2,34,37,38,39,40)/t21?,22?,23?,25-,28-,32?/m0/s1. The zero-order valence-corrected chi connectivity index (χ0v) is 23.7. The fraction of sp³-hybridized carbons (Fsp3) is 0.469. The van der Waals surface area contributed by atoms with Gasteiger partial charge in [-0.2, -0.15) is 5.21 Å². The predicted octanol–water partition coefficient (Wildman–Crippen LogP) is 3.76. The molecule has 0 spiro atoms. The molecule has 2 amide bonds. The number of benzene rings is 2. The molecule has 0 aliphatic heterocycles. The lowest BCUT2D eigenvalue weighted by Crippen LogP contribution is -2.58. The number of aromatic nitrogens is 5. The van der Waals surface area contributed by atoms with E-state index < -0.39 is 6.04 Å². The maximum absolute atomic E-state index is 14.1. The van der Waals surface area contributed by atoms with Gasteiger partial charge in [0.25, 0.3) is 5.95 Å². The van der Waals surface area contributed by atoms with Crippen molar-refractivity contribution in [1.82, 2.24) is 36.2 Å². The van der Waals surface area contributed by atoms with E-state index in [0.717, 1.165) is 41.3 Å². The SMILES string of the molecule is O=C(N[C@H](CNc1nn[nH]n1)Cc1c[nH]c2ccccc12)[C@H](Cc1ccccc1)NC(=O)C12CC3CC(CC(C3)C1)C2. The van der Waals surface area contributed by atoms with Gasteiger partial charge in [-0.15, -0.1) is 5.10 Å². The molecule has 10 nitrogen and oxygen atoms in total. The third-order valence-corrected chi connectivity index (χ3v) is 9.76. The van der Waals surface area contributed by atoms with Crippen LogP contribution in [0.2, 0.25) is 0 Å². The third-order valence-electron chi connectivity index (χ3n) is 9.76. The number of tetrazole rings is 1. The molecule has 0 unspecified atom stereocenters. The highest BCUT2D eigenvalue weighted by Gasteiger charge is 2.55. The Balaban J connectivity index is 1.11. The van der Waals surface area contributed by atoms with E-state index in [1.165, 1.54) is 19.3 Å². The second-order valence-electron chi connectivity index (χ2n) is 12.8. The van der Waals surface area contributed by atoms with Gasteiger partial charge in [0, 0.05) is 35.5 Å². The van der Waals surface area contributed by atoms with Gasteiger partial charge in [-0.1, -0.05) is 53.6 Å². The van der Waals surface area contributed by atoms with Crippen molar-refractivity contribution in [1.29, 1.82) is 0 Å². The molecule has 42 heavy (non-hydrogen) atoms. The average molecular weight is 567 g/mol. The number of para-hydroxylation sites is 1. The molecule has 0 radical (unpaired) electrons. The van der Waals surface area contributed by atoms with Gasteiger partial charge < -0.3 is 20.9 Å². The predicted molar refractivity (Wildman–Crippen MR) is 159 cm³/mol. The molecule has 2 aromatic carbocycles. The van der Waals surface area contributed by atoms with E-state index in [4.69, 9.17) is 0 Å². The van der Waals surface area contributed by atoms with Crippen molar-refractivity contribution in [2.75, 3.05) is 11.9 Å². The first-order valence-electron chi connectivity index (χ1n) is 15.2. The van der Waals surface area contributed by atoms with Gasteiger partial charge in [-0.3, -0.25) is 9.59 Å². The lowest BCUT2D eigenvalue weighted by molar-refractivity contribution is -0.148. The molecule has 2 atom stereocenters. The third kappa shape index (κ3) is 5.49. The van der Waals surface area contributed by atoms with Crippen LogP contribution in [-0.2, 0) is 22.4 Å². The minimum Gasteiger partial charge on any atom is -0.361 e. The number of rotatable bonds is 11. The van der Waals surface area contributed by atoms with Gasteiger partial charge in [0.2, 0.25) is 11.8 Å². The first-order chi connectivity index (χ1) is 20.5. The number of aromatic amines is 2. The summed E-state index contributed by atoms with van der Waals surface area (Å²) in [7, 11) is 0. The number of carbonyl (C=O) groups is 2. The smallest absolute Gasteiger partial charge is 0.263 e. The lowest BCUT2D eigenvalue weighted by Gasteiger charge is -2.55. The molecule has 8 rings (SSSR count). The molecule has 4 aliphatic rings. The fourth-order valence-electron chi connectivity index (χ4n) is 8.25. The number of H-pyrrole nitrogens is 2. The van der Waals surface area contributed by atoms with Crippen molar-refractivity contribution in [3.05, 3.63) is 71.9 Å². The molecular formula is C32H38N8O2. The summed E-state index contributed by atoms with van der Waals surface area (Å²) in [5.41, 5.74) is 2.84. The molecule has 4 fully saturated rings. The van der Waals surface area contributed by atoms with Crippen molar-refractivity contribution in [2.45, 2.75) is 63.5 Å². The first kappa shape index (κ1) is 26.7. The summed E-state index contributed by atoms with van der Waals surface area (Å²) in [6.45, 7) is 0.395. The summed E-state index contributed by atoms with van der Waals surface area (Å²) in [4.78, 5) is 31.4. The summed E-state index contributed by atoms with van der Waals surface area (Å²) in [6.07, 6.45) is 9.70. The molecule has 0 saturated heterocycles. The summed E-state index contributed by atoms with van der Waals surface area (Å²) in [5, 5.41) is 24.9. The molecule has 5 N–H and O–H groups in total. The number of fused-ring (bicyclic) bond motifs is 1. The normalized spacial score (nSPS) is 25.7. The molecule has 4 saturated carbocycles. The molecule has 10 heteroatoms. The van der Waals surface area contributed by atoms with Crippen molar-refractivity contribution in [2.24, 2.45) is 23.2 Å².